The molecule has 0 aromatic carbocycles. The second-order valence-corrected chi connectivity index (χ2v) is 5.26. The molecule has 108 valence electrons. The molecule has 0 bridgehead atoms. The van der Waals surface area contributed by atoms with Crippen molar-refractivity contribution in [2.45, 2.75) is 26.8 Å². The lowest BCUT2D eigenvalue weighted by atomic mass is 10.2. The van der Waals surface area contributed by atoms with Gasteiger partial charge in [0, 0.05) is 43.4 Å². The molecule has 0 saturated carbocycles. The van der Waals surface area contributed by atoms with Crippen LogP contribution < -0.4 is 5.73 Å². The number of rotatable bonds is 7. The minimum atomic E-state index is 0.578. The van der Waals surface area contributed by atoms with Crippen LogP contribution in [0.25, 0.3) is 11.3 Å². The van der Waals surface area contributed by atoms with Gasteiger partial charge in [-0.2, -0.15) is 0 Å². The van der Waals surface area contributed by atoms with E-state index in [1.54, 1.807) is 18.5 Å². The standard InChI is InChI=1S/C15H22N4O/c1-12(2)10-20-7-3-6-19-11-18-9-15(19)13-8-17-5-4-14(13)16/h4-5,8-9,11-12H,3,6-7,10H2,1-2H3,(H2,16,17). The first kappa shape index (κ1) is 14.5. The third kappa shape index (κ3) is 3.81. The van der Waals surface area contributed by atoms with Crippen molar-refractivity contribution in [3.05, 3.63) is 31.0 Å². The topological polar surface area (TPSA) is 66.0 Å². The van der Waals surface area contributed by atoms with Crippen LogP contribution in [-0.4, -0.2) is 27.7 Å². The SMILES string of the molecule is CC(C)COCCCn1cncc1-c1cnccc1N. The molecule has 0 fully saturated rings. The monoisotopic (exact) mass is 274 g/mol. The Hall–Kier alpha value is -1.88. The van der Waals surface area contributed by atoms with Gasteiger partial charge in [-0.05, 0) is 18.4 Å². The number of nitrogen functional groups attached to an aromatic ring is 1. The lowest BCUT2D eigenvalue weighted by Crippen LogP contribution is -2.07. The number of aryl methyl sites for hydroxylation is 1. The van der Waals surface area contributed by atoms with Crippen molar-refractivity contribution in [2.24, 2.45) is 5.92 Å². The highest BCUT2D eigenvalue weighted by Gasteiger charge is 2.08. The Morgan fingerprint density at radius 3 is 2.90 bits per heavy atom. The van der Waals surface area contributed by atoms with Crippen LogP contribution in [0.2, 0.25) is 0 Å². The number of anilines is 1. The summed E-state index contributed by atoms with van der Waals surface area (Å²) in [7, 11) is 0. The Labute approximate surface area is 119 Å². The molecule has 2 rings (SSSR count). The summed E-state index contributed by atoms with van der Waals surface area (Å²) in [6.45, 7) is 6.74. The van der Waals surface area contributed by atoms with E-state index in [9.17, 15) is 0 Å². The molecule has 0 aliphatic carbocycles. The quantitative estimate of drug-likeness (QED) is 0.788. The number of imidazole rings is 1. The molecule has 2 aromatic heterocycles. The van der Waals surface area contributed by atoms with E-state index < -0.39 is 0 Å². The lowest BCUT2D eigenvalue weighted by molar-refractivity contribution is 0.105. The summed E-state index contributed by atoms with van der Waals surface area (Å²) in [5.41, 5.74) is 8.63. The van der Waals surface area contributed by atoms with Gasteiger partial charge in [-0.3, -0.25) is 4.98 Å². The molecule has 2 N–H and O–H groups in total. The molecule has 0 atom stereocenters. The number of pyridine rings is 1. The van der Waals surface area contributed by atoms with E-state index in [1.165, 1.54) is 0 Å². The van der Waals surface area contributed by atoms with Gasteiger partial charge in [-0.15, -0.1) is 0 Å². The van der Waals surface area contributed by atoms with E-state index in [2.05, 4.69) is 28.4 Å². The minimum absolute atomic E-state index is 0.578. The van der Waals surface area contributed by atoms with Crippen molar-refractivity contribution < 1.29 is 4.74 Å². The van der Waals surface area contributed by atoms with Crippen molar-refractivity contribution in [2.75, 3.05) is 18.9 Å². The Bertz CT molecular complexity index is 536. The summed E-state index contributed by atoms with van der Waals surface area (Å²) in [6, 6.07) is 1.80. The first-order valence-corrected chi connectivity index (χ1v) is 6.96. The fourth-order valence-electron chi connectivity index (χ4n) is 2.00. The number of nitrogens with two attached hydrogens (primary N) is 1. The molecule has 0 aliphatic heterocycles. The Balaban J connectivity index is 1.94. The van der Waals surface area contributed by atoms with Crippen LogP contribution in [-0.2, 0) is 11.3 Å². The average Bonchev–Trinajstić information content (AvgIpc) is 2.87. The van der Waals surface area contributed by atoms with Gasteiger partial charge in [-0.25, -0.2) is 4.98 Å². The van der Waals surface area contributed by atoms with Gasteiger partial charge in [0.05, 0.1) is 18.2 Å². The van der Waals surface area contributed by atoms with Crippen LogP contribution in [0.4, 0.5) is 5.69 Å². The van der Waals surface area contributed by atoms with Crippen molar-refractivity contribution in [1.29, 1.82) is 0 Å². The molecule has 0 amide bonds. The lowest BCUT2D eigenvalue weighted by Gasteiger charge is -2.10. The molecular formula is C15H22N4O. The maximum atomic E-state index is 5.98. The molecular weight excluding hydrogens is 252 g/mol. The summed E-state index contributed by atoms with van der Waals surface area (Å²) >= 11 is 0. The minimum Gasteiger partial charge on any atom is -0.398 e. The number of nitrogens with zero attached hydrogens (tertiary/aromatic N) is 3. The summed E-state index contributed by atoms with van der Waals surface area (Å²) < 4.78 is 7.68. The zero-order valence-electron chi connectivity index (χ0n) is 12.1. The number of ether oxygens (including phenoxy) is 1. The number of hydrogen-bond donors (Lipinski definition) is 1. The fourth-order valence-corrected chi connectivity index (χ4v) is 2.00. The highest BCUT2D eigenvalue weighted by molar-refractivity contribution is 5.72. The average molecular weight is 274 g/mol. The molecule has 0 aliphatic rings. The summed E-state index contributed by atoms with van der Waals surface area (Å²) in [5, 5.41) is 0. The fraction of sp³-hybridized carbons (Fsp3) is 0.467. The Morgan fingerprint density at radius 1 is 1.30 bits per heavy atom. The second-order valence-electron chi connectivity index (χ2n) is 5.26. The van der Waals surface area contributed by atoms with Gasteiger partial charge < -0.3 is 15.0 Å². The predicted octanol–water partition coefficient (Wildman–Crippen LogP) is 2.59. The van der Waals surface area contributed by atoms with E-state index >= 15 is 0 Å². The van der Waals surface area contributed by atoms with E-state index in [-0.39, 0.29) is 0 Å². The van der Waals surface area contributed by atoms with Gasteiger partial charge in [0.25, 0.3) is 0 Å². The molecule has 0 radical (unpaired) electrons. The largest absolute Gasteiger partial charge is 0.398 e. The van der Waals surface area contributed by atoms with Crippen LogP contribution >= 0.6 is 0 Å². The maximum Gasteiger partial charge on any atom is 0.0950 e. The Morgan fingerprint density at radius 2 is 2.15 bits per heavy atom. The Kier molecular flexibility index (Phi) is 5.12. The van der Waals surface area contributed by atoms with Crippen molar-refractivity contribution >= 4 is 5.69 Å². The van der Waals surface area contributed by atoms with Crippen molar-refractivity contribution in [3.8, 4) is 11.3 Å². The molecule has 0 saturated heterocycles. The van der Waals surface area contributed by atoms with Gasteiger partial charge in [0.1, 0.15) is 0 Å². The van der Waals surface area contributed by atoms with E-state index in [1.807, 2.05) is 12.5 Å². The first-order valence-electron chi connectivity index (χ1n) is 6.96. The summed E-state index contributed by atoms with van der Waals surface area (Å²) in [4.78, 5) is 8.33. The highest BCUT2D eigenvalue weighted by Crippen LogP contribution is 2.24. The van der Waals surface area contributed by atoms with Crippen molar-refractivity contribution in [1.82, 2.24) is 14.5 Å². The second kappa shape index (κ2) is 7.05. The van der Waals surface area contributed by atoms with E-state index in [0.717, 1.165) is 43.1 Å². The van der Waals surface area contributed by atoms with Crippen LogP contribution in [0.3, 0.4) is 0 Å². The molecule has 20 heavy (non-hydrogen) atoms. The zero-order valence-corrected chi connectivity index (χ0v) is 12.1. The maximum absolute atomic E-state index is 5.98. The number of hydrogen-bond acceptors (Lipinski definition) is 4. The molecule has 5 heteroatoms. The van der Waals surface area contributed by atoms with E-state index in [4.69, 9.17) is 10.5 Å². The summed E-state index contributed by atoms with van der Waals surface area (Å²) in [5.74, 6) is 0.578. The third-order valence-electron chi connectivity index (χ3n) is 2.98. The zero-order chi connectivity index (χ0) is 14.4. The van der Waals surface area contributed by atoms with Gasteiger partial charge >= 0.3 is 0 Å². The first-order chi connectivity index (χ1) is 9.68. The summed E-state index contributed by atoms with van der Waals surface area (Å²) in [6.07, 6.45) is 8.07. The third-order valence-corrected chi connectivity index (χ3v) is 2.98. The normalized spacial score (nSPS) is 11.2. The molecule has 0 spiro atoms. The molecule has 0 unspecified atom stereocenters. The number of aromatic nitrogens is 3. The van der Waals surface area contributed by atoms with Gasteiger partial charge in [-0.1, -0.05) is 13.8 Å². The van der Waals surface area contributed by atoms with Crippen LogP contribution in [0.5, 0.6) is 0 Å². The smallest absolute Gasteiger partial charge is 0.0950 e. The van der Waals surface area contributed by atoms with E-state index in [0.29, 0.717) is 5.92 Å². The van der Waals surface area contributed by atoms with Crippen LogP contribution in [0.1, 0.15) is 20.3 Å². The van der Waals surface area contributed by atoms with Gasteiger partial charge in [0.2, 0.25) is 0 Å². The molecule has 2 heterocycles. The predicted molar refractivity (Wildman–Crippen MR) is 80.1 cm³/mol. The highest BCUT2D eigenvalue weighted by atomic mass is 16.5. The van der Waals surface area contributed by atoms with Crippen LogP contribution in [0.15, 0.2) is 31.0 Å². The molecule has 5 nitrogen and oxygen atoms in total. The molecule has 2 aromatic rings. The van der Waals surface area contributed by atoms with Crippen molar-refractivity contribution in [3.63, 3.8) is 0 Å². The van der Waals surface area contributed by atoms with Crippen LogP contribution in [0, 0.1) is 5.92 Å². The van der Waals surface area contributed by atoms with Gasteiger partial charge in [0.15, 0.2) is 0 Å².